The third kappa shape index (κ3) is 3.89. The van der Waals surface area contributed by atoms with Crippen molar-refractivity contribution in [2.24, 2.45) is 7.05 Å². The summed E-state index contributed by atoms with van der Waals surface area (Å²) in [7, 11) is 3.11. The van der Waals surface area contributed by atoms with Crippen LogP contribution in [-0.2, 0) is 25.6 Å². The molecular formula is C30H29N5O3. The van der Waals surface area contributed by atoms with Gasteiger partial charge in [-0.1, -0.05) is 42.0 Å². The van der Waals surface area contributed by atoms with Crippen molar-refractivity contribution in [2.45, 2.75) is 31.8 Å². The van der Waals surface area contributed by atoms with E-state index in [-0.39, 0.29) is 11.6 Å². The lowest BCUT2D eigenvalue weighted by Gasteiger charge is -2.40. The molecule has 5 aromatic rings. The summed E-state index contributed by atoms with van der Waals surface area (Å²) in [6, 6.07) is 24.1. The number of benzene rings is 3. The number of fused-ring (bicyclic) bond motifs is 3. The molecule has 0 fully saturated rings. The van der Waals surface area contributed by atoms with Crippen LogP contribution < -0.4 is 15.7 Å². The zero-order valence-corrected chi connectivity index (χ0v) is 21.6. The van der Waals surface area contributed by atoms with Gasteiger partial charge in [0, 0.05) is 29.7 Å². The molecule has 1 N–H and O–H groups in total. The van der Waals surface area contributed by atoms with E-state index >= 15 is 0 Å². The van der Waals surface area contributed by atoms with Crippen molar-refractivity contribution < 1.29 is 9.53 Å². The molecule has 1 atom stereocenters. The number of aryl methyl sites for hydroxylation is 3. The Morgan fingerprint density at radius 3 is 2.61 bits per heavy atom. The van der Waals surface area contributed by atoms with Gasteiger partial charge >= 0.3 is 5.69 Å². The molecule has 1 amide bonds. The molecule has 38 heavy (non-hydrogen) atoms. The molecule has 3 heterocycles. The molecule has 0 spiro atoms. The Morgan fingerprint density at radius 2 is 1.87 bits per heavy atom. The van der Waals surface area contributed by atoms with E-state index in [9.17, 15) is 9.59 Å². The minimum atomic E-state index is -0.605. The fraction of sp³-hybridized carbons (Fsp3) is 0.233. The number of aromatic nitrogens is 4. The molecule has 2 aromatic heterocycles. The predicted octanol–water partition coefficient (Wildman–Crippen LogP) is 4.11. The van der Waals surface area contributed by atoms with Crippen LogP contribution in [-0.4, -0.2) is 31.9 Å². The Morgan fingerprint density at radius 1 is 1.05 bits per heavy atom. The smallest absolute Gasteiger partial charge is 0.350 e. The van der Waals surface area contributed by atoms with Gasteiger partial charge in [-0.25, -0.2) is 14.0 Å². The molecule has 0 radical (unpaired) electrons. The van der Waals surface area contributed by atoms with Crippen LogP contribution in [0, 0.1) is 6.92 Å². The van der Waals surface area contributed by atoms with Gasteiger partial charge < -0.3 is 14.6 Å². The summed E-state index contributed by atoms with van der Waals surface area (Å²) < 4.78 is 10.6. The molecule has 0 saturated carbocycles. The average Bonchev–Trinajstić information content (AvgIpc) is 3.46. The van der Waals surface area contributed by atoms with Gasteiger partial charge in [-0.2, -0.15) is 5.10 Å². The standard InChI is InChI=1S/C30H29N5O3/c1-20-9-12-26-21(15-20)16-24-13-14-30(18-34(24)26,22-7-5-4-6-8-22)32-28(36)25-11-10-23(17-27(25)38-3)35-19-31-33(2)29(35)37/h4-12,15-17,19H,13-14,18H2,1-3H3,(H,32,36)/t30-/m1/s1. The maximum absolute atomic E-state index is 13.9. The van der Waals surface area contributed by atoms with E-state index < -0.39 is 5.54 Å². The molecule has 1 aliphatic heterocycles. The lowest BCUT2D eigenvalue weighted by molar-refractivity contribution is 0.0865. The second-order valence-corrected chi connectivity index (χ2v) is 9.98. The van der Waals surface area contributed by atoms with E-state index in [4.69, 9.17) is 4.74 Å². The number of carbonyl (C=O) groups excluding carboxylic acids is 1. The average molecular weight is 508 g/mol. The Bertz CT molecular complexity index is 1730. The zero-order valence-electron chi connectivity index (χ0n) is 21.6. The number of hydrogen-bond donors (Lipinski definition) is 1. The van der Waals surface area contributed by atoms with Gasteiger partial charge in [-0.3, -0.25) is 4.79 Å². The van der Waals surface area contributed by atoms with E-state index in [0.29, 0.717) is 23.5 Å². The van der Waals surface area contributed by atoms with Gasteiger partial charge in [0.2, 0.25) is 0 Å². The highest BCUT2D eigenvalue weighted by Gasteiger charge is 2.39. The number of methoxy groups -OCH3 is 1. The molecule has 8 nitrogen and oxygen atoms in total. The van der Waals surface area contributed by atoms with Crippen LogP contribution >= 0.6 is 0 Å². The van der Waals surface area contributed by atoms with Crippen LogP contribution in [0.4, 0.5) is 0 Å². The number of nitrogens with one attached hydrogen (secondary N) is 1. The third-order valence-electron chi connectivity index (χ3n) is 7.59. The number of hydrogen-bond acceptors (Lipinski definition) is 4. The van der Waals surface area contributed by atoms with Crippen molar-refractivity contribution in [1.29, 1.82) is 0 Å². The minimum Gasteiger partial charge on any atom is -0.496 e. The van der Waals surface area contributed by atoms with E-state index in [1.807, 2.05) is 18.2 Å². The minimum absolute atomic E-state index is 0.230. The fourth-order valence-electron chi connectivity index (χ4n) is 5.56. The van der Waals surface area contributed by atoms with E-state index in [2.05, 4.69) is 58.3 Å². The van der Waals surface area contributed by atoms with Crippen LogP contribution in [0.1, 0.15) is 33.6 Å². The summed E-state index contributed by atoms with van der Waals surface area (Å²) >= 11 is 0. The number of carbonyl (C=O) groups is 1. The highest BCUT2D eigenvalue weighted by Crippen LogP contribution is 2.37. The van der Waals surface area contributed by atoms with Crippen molar-refractivity contribution in [3.63, 3.8) is 0 Å². The number of nitrogens with zero attached hydrogens (tertiary/aromatic N) is 4. The quantitative estimate of drug-likeness (QED) is 0.388. The van der Waals surface area contributed by atoms with E-state index in [0.717, 1.165) is 18.4 Å². The first-order chi connectivity index (χ1) is 18.4. The van der Waals surface area contributed by atoms with Crippen LogP contribution in [0.15, 0.2) is 83.9 Å². The SMILES string of the molecule is COc1cc(-n2cnn(C)c2=O)ccc1C(=O)N[C@]1(c2ccccc2)CCc2cc3cc(C)ccc3n2C1. The molecule has 8 heteroatoms. The zero-order chi connectivity index (χ0) is 26.4. The Labute approximate surface area is 220 Å². The number of rotatable bonds is 5. The summed E-state index contributed by atoms with van der Waals surface area (Å²) in [6.45, 7) is 2.73. The van der Waals surface area contributed by atoms with Crippen molar-refractivity contribution >= 4 is 16.8 Å². The van der Waals surface area contributed by atoms with Gasteiger partial charge in [0.1, 0.15) is 12.1 Å². The third-order valence-corrected chi connectivity index (χ3v) is 7.59. The fourth-order valence-corrected chi connectivity index (χ4v) is 5.56. The topological polar surface area (TPSA) is 83.1 Å². The van der Waals surface area contributed by atoms with Gasteiger partial charge in [0.25, 0.3) is 5.91 Å². The van der Waals surface area contributed by atoms with Gasteiger partial charge in [0.15, 0.2) is 0 Å². The number of ether oxygens (including phenoxy) is 1. The molecule has 192 valence electrons. The first-order valence-electron chi connectivity index (χ1n) is 12.6. The van der Waals surface area contributed by atoms with Crippen LogP contribution in [0.2, 0.25) is 0 Å². The normalized spacial score (nSPS) is 16.8. The second kappa shape index (κ2) is 9.06. The molecule has 1 aliphatic rings. The first-order valence-corrected chi connectivity index (χ1v) is 12.6. The van der Waals surface area contributed by atoms with E-state index in [1.54, 1.807) is 25.2 Å². The monoisotopic (exact) mass is 507 g/mol. The van der Waals surface area contributed by atoms with Crippen molar-refractivity contribution in [2.75, 3.05) is 7.11 Å². The summed E-state index contributed by atoms with van der Waals surface area (Å²) in [5.74, 6) is 0.156. The Balaban J connectivity index is 1.39. The van der Waals surface area contributed by atoms with Crippen LogP contribution in [0.25, 0.3) is 16.6 Å². The van der Waals surface area contributed by atoms with Crippen molar-refractivity contribution in [3.8, 4) is 11.4 Å². The second-order valence-electron chi connectivity index (χ2n) is 9.98. The van der Waals surface area contributed by atoms with Gasteiger partial charge in [-0.15, -0.1) is 0 Å². The molecular weight excluding hydrogens is 478 g/mol. The first kappa shape index (κ1) is 23.8. The maximum atomic E-state index is 13.9. The van der Waals surface area contributed by atoms with Crippen molar-refractivity contribution in [3.05, 3.63) is 112 Å². The summed E-state index contributed by atoms with van der Waals surface area (Å²) in [4.78, 5) is 26.2. The van der Waals surface area contributed by atoms with Crippen LogP contribution in [0.5, 0.6) is 5.75 Å². The Hall–Kier alpha value is -4.59. The summed E-state index contributed by atoms with van der Waals surface area (Å²) in [5.41, 5.74) is 4.83. The summed E-state index contributed by atoms with van der Waals surface area (Å²) in [5, 5.41) is 8.63. The number of amides is 1. The highest BCUT2D eigenvalue weighted by atomic mass is 16.5. The molecule has 0 saturated heterocycles. The molecule has 0 bridgehead atoms. The predicted molar refractivity (Wildman–Crippen MR) is 146 cm³/mol. The van der Waals surface area contributed by atoms with Crippen LogP contribution in [0.3, 0.4) is 0 Å². The van der Waals surface area contributed by atoms with E-state index in [1.165, 1.54) is 44.8 Å². The molecule has 0 aliphatic carbocycles. The largest absolute Gasteiger partial charge is 0.496 e. The Kier molecular flexibility index (Phi) is 5.67. The van der Waals surface area contributed by atoms with Gasteiger partial charge in [0.05, 0.1) is 30.4 Å². The summed E-state index contributed by atoms with van der Waals surface area (Å²) in [6.07, 6.45) is 3.05. The lowest BCUT2D eigenvalue weighted by Crippen LogP contribution is -2.51. The molecule has 0 unspecified atom stereocenters. The highest BCUT2D eigenvalue weighted by molar-refractivity contribution is 5.98. The maximum Gasteiger partial charge on any atom is 0.350 e. The lowest BCUT2D eigenvalue weighted by atomic mass is 9.82. The van der Waals surface area contributed by atoms with Crippen molar-refractivity contribution in [1.82, 2.24) is 24.2 Å². The molecule has 3 aromatic carbocycles. The van der Waals surface area contributed by atoms with Gasteiger partial charge in [-0.05, 0) is 55.7 Å². The molecule has 6 rings (SSSR count).